The number of benzene rings is 1. The molecule has 0 saturated heterocycles. The van der Waals surface area contributed by atoms with E-state index in [1.54, 1.807) is 5.38 Å². The van der Waals surface area contributed by atoms with Crippen molar-refractivity contribution in [1.82, 2.24) is 9.71 Å². The molecule has 0 saturated carbocycles. The Kier molecular flexibility index (Phi) is 4.56. The van der Waals surface area contributed by atoms with Crippen LogP contribution in [-0.2, 0) is 21.4 Å². The van der Waals surface area contributed by atoms with Gasteiger partial charge in [-0.2, -0.15) is 0 Å². The molecule has 1 aromatic heterocycles. The number of nitrogens with one attached hydrogen (secondary N) is 2. The molecular formula is C12H14N4O3S2. The molecule has 112 valence electrons. The largest absolute Gasteiger partial charge is 0.375 e. The molecule has 0 unspecified atom stereocenters. The minimum Gasteiger partial charge on any atom is -0.375 e. The number of carbonyl (C=O) groups is 1. The zero-order valence-corrected chi connectivity index (χ0v) is 12.8. The maximum Gasteiger partial charge on any atom is 0.240 e. The predicted octanol–water partition coefficient (Wildman–Crippen LogP) is 1.16. The lowest BCUT2D eigenvalue weighted by molar-refractivity contribution is -0.114. The van der Waals surface area contributed by atoms with E-state index in [1.165, 1.54) is 42.5 Å². The van der Waals surface area contributed by atoms with E-state index in [0.717, 1.165) is 0 Å². The SMILES string of the molecule is CC(=O)Nc1ccc(S(=O)(=O)NCc2csc(N)n2)cc1. The Bertz CT molecular complexity index is 738. The zero-order valence-electron chi connectivity index (χ0n) is 11.2. The van der Waals surface area contributed by atoms with Gasteiger partial charge in [0, 0.05) is 18.0 Å². The van der Waals surface area contributed by atoms with Gasteiger partial charge in [0.2, 0.25) is 15.9 Å². The number of carbonyl (C=O) groups excluding carboxylic acids is 1. The molecule has 9 heteroatoms. The summed E-state index contributed by atoms with van der Waals surface area (Å²) in [4.78, 5) is 15.0. The second kappa shape index (κ2) is 6.20. The minimum atomic E-state index is -3.63. The van der Waals surface area contributed by atoms with Gasteiger partial charge >= 0.3 is 0 Å². The summed E-state index contributed by atoms with van der Waals surface area (Å²) in [5, 5.41) is 4.65. The van der Waals surface area contributed by atoms with E-state index in [2.05, 4.69) is 15.0 Å². The Labute approximate surface area is 126 Å². The summed E-state index contributed by atoms with van der Waals surface area (Å²) < 4.78 is 26.6. The first kappa shape index (κ1) is 15.4. The fraction of sp³-hybridized carbons (Fsp3) is 0.167. The highest BCUT2D eigenvalue weighted by atomic mass is 32.2. The molecule has 0 aliphatic heterocycles. The highest BCUT2D eigenvalue weighted by Crippen LogP contribution is 2.15. The van der Waals surface area contributed by atoms with Gasteiger partial charge in [-0.1, -0.05) is 0 Å². The van der Waals surface area contributed by atoms with Crippen molar-refractivity contribution in [2.24, 2.45) is 0 Å². The highest BCUT2D eigenvalue weighted by molar-refractivity contribution is 7.89. The van der Waals surface area contributed by atoms with Crippen molar-refractivity contribution >= 4 is 38.1 Å². The van der Waals surface area contributed by atoms with Crippen LogP contribution in [0.2, 0.25) is 0 Å². The molecule has 7 nitrogen and oxygen atoms in total. The lowest BCUT2D eigenvalue weighted by atomic mass is 10.3. The van der Waals surface area contributed by atoms with Gasteiger partial charge in [0.25, 0.3) is 0 Å². The van der Waals surface area contributed by atoms with Crippen LogP contribution in [0.1, 0.15) is 12.6 Å². The van der Waals surface area contributed by atoms with Crippen molar-refractivity contribution < 1.29 is 13.2 Å². The van der Waals surface area contributed by atoms with Crippen molar-refractivity contribution in [2.75, 3.05) is 11.1 Å². The van der Waals surface area contributed by atoms with E-state index in [4.69, 9.17) is 5.73 Å². The minimum absolute atomic E-state index is 0.0729. The first-order valence-electron chi connectivity index (χ1n) is 5.94. The van der Waals surface area contributed by atoms with Gasteiger partial charge in [-0.05, 0) is 24.3 Å². The fourth-order valence-corrected chi connectivity index (χ4v) is 3.14. The summed E-state index contributed by atoms with van der Waals surface area (Å²) in [6.45, 7) is 1.45. The number of nitrogens with zero attached hydrogens (tertiary/aromatic N) is 1. The normalized spacial score (nSPS) is 11.3. The van der Waals surface area contributed by atoms with Crippen molar-refractivity contribution in [2.45, 2.75) is 18.4 Å². The predicted molar refractivity (Wildman–Crippen MR) is 81.3 cm³/mol. The number of nitrogen functional groups attached to an aromatic ring is 1. The number of rotatable bonds is 5. The smallest absolute Gasteiger partial charge is 0.240 e. The van der Waals surface area contributed by atoms with Crippen LogP contribution in [0.15, 0.2) is 34.5 Å². The summed E-state index contributed by atoms with van der Waals surface area (Å²) >= 11 is 1.25. The van der Waals surface area contributed by atoms with Gasteiger partial charge in [0.1, 0.15) is 0 Å². The first-order valence-corrected chi connectivity index (χ1v) is 8.30. The van der Waals surface area contributed by atoms with E-state index in [1.807, 2.05) is 0 Å². The molecule has 2 rings (SSSR count). The monoisotopic (exact) mass is 326 g/mol. The maximum atomic E-state index is 12.1. The molecule has 0 aliphatic rings. The van der Waals surface area contributed by atoms with Crippen LogP contribution >= 0.6 is 11.3 Å². The van der Waals surface area contributed by atoms with Gasteiger partial charge in [-0.3, -0.25) is 4.79 Å². The quantitative estimate of drug-likeness (QED) is 0.763. The van der Waals surface area contributed by atoms with Crippen LogP contribution in [0, 0.1) is 0 Å². The third-order valence-corrected chi connectivity index (χ3v) is 4.64. The molecule has 0 fully saturated rings. The maximum absolute atomic E-state index is 12.1. The van der Waals surface area contributed by atoms with Gasteiger partial charge in [-0.15, -0.1) is 11.3 Å². The number of nitrogens with two attached hydrogens (primary N) is 1. The molecule has 0 aliphatic carbocycles. The zero-order chi connectivity index (χ0) is 15.5. The first-order chi connectivity index (χ1) is 9.87. The van der Waals surface area contributed by atoms with Gasteiger partial charge in [0.15, 0.2) is 5.13 Å². The second-order valence-corrected chi connectivity index (χ2v) is 6.86. The third-order valence-electron chi connectivity index (χ3n) is 2.50. The Morgan fingerprint density at radius 3 is 2.52 bits per heavy atom. The number of sulfonamides is 1. The van der Waals surface area contributed by atoms with Gasteiger partial charge in [0.05, 0.1) is 17.1 Å². The summed E-state index contributed by atoms with van der Waals surface area (Å²) in [6.07, 6.45) is 0. The van der Waals surface area contributed by atoms with E-state index in [-0.39, 0.29) is 17.3 Å². The van der Waals surface area contributed by atoms with Crippen LogP contribution in [0.3, 0.4) is 0 Å². The van der Waals surface area contributed by atoms with Crippen LogP contribution in [0.25, 0.3) is 0 Å². The van der Waals surface area contributed by atoms with Crippen LogP contribution in [0.5, 0.6) is 0 Å². The lowest BCUT2D eigenvalue weighted by Gasteiger charge is -2.07. The summed E-state index contributed by atoms with van der Waals surface area (Å²) in [6, 6.07) is 5.89. The van der Waals surface area contributed by atoms with Crippen LogP contribution in [-0.4, -0.2) is 19.3 Å². The molecule has 2 aromatic rings. The molecule has 1 amide bonds. The number of aromatic nitrogens is 1. The number of thiazole rings is 1. The Hall–Kier alpha value is -1.97. The van der Waals surface area contributed by atoms with E-state index in [0.29, 0.717) is 16.5 Å². The van der Waals surface area contributed by atoms with Gasteiger partial charge in [-0.25, -0.2) is 18.1 Å². The molecule has 21 heavy (non-hydrogen) atoms. The third kappa shape index (κ3) is 4.25. The van der Waals surface area contributed by atoms with Crippen molar-refractivity contribution in [3.05, 3.63) is 35.3 Å². The molecule has 1 aromatic carbocycles. The molecule has 0 bridgehead atoms. The lowest BCUT2D eigenvalue weighted by Crippen LogP contribution is -2.23. The average molecular weight is 326 g/mol. The van der Waals surface area contributed by atoms with Crippen molar-refractivity contribution in [3.8, 4) is 0 Å². The van der Waals surface area contributed by atoms with Crippen LogP contribution in [0.4, 0.5) is 10.8 Å². The number of hydrogen-bond donors (Lipinski definition) is 3. The molecule has 0 atom stereocenters. The number of anilines is 2. The molecule has 4 N–H and O–H groups in total. The molecule has 0 spiro atoms. The van der Waals surface area contributed by atoms with Crippen molar-refractivity contribution in [3.63, 3.8) is 0 Å². The highest BCUT2D eigenvalue weighted by Gasteiger charge is 2.14. The topological polar surface area (TPSA) is 114 Å². The summed E-state index contributed by atoms with van der Waals surface area (Å²) in [5.74, 6) is -0.218. The molecular weight excluding hydrogens is 312 g/mol. The van der Waals surface area contributed by atoms with Crippen molar-refractivity contribution in [1.29, 1.82) is 0 Å². The standard InChI is InChI=1S/C12H14N4O3S2/c1-8(17)15-9-2-4-11(5-3-9)21(18,19)14-6-10-7-20-12(13)16-10/h2-5,7,14H,6H2,1H3,(H2,13,16)(H,15,17). The van der Waals surface area contributed by atoms with E-state index < -0.39 is 10.0 Å². The average Bonchev–Trinajstić information content (AvgIpc) is 2.82. The van der Waals surface area contributed by atoms with Crippen LogP contribution < -0.4 is 15.8 Å². The number of hydrogen-bond acceptors (Lipinski definition) is 6. The molecule has 0 radical (unpaired) electrons. The Morgan fingerprint density at radius 1 is 1.33 bits per heavy atom. The summed E-state index contributed by atoms with van der Waals surface area (Å²) in [7, 11) is -3.63. The van der Waals surface area contributed by atoms with E-state index >= 15 is 0 Å². The Morgan fingerprint density at radius 2 is 2.00 bits per heavy atom. The van der Waals surface area contributed by atoms with Gasteiger partial charge < -0.3 is 11.1 Å². The molecule has 1 heterocycles. The summed E-state index contributed by atoms with van der Waals surface area (Å²) in [5.41, 5.74) is 6.58. The number of amides is 1. The second-order valence-electron chi connectivity index (χ2n) is 4.21. The van der Waals surface area contributed by atoms with E-state index in [9.17, 15) is 13.2 Å². The Balaban J connectivity index is 2.06. The fourth-order valence-electron chi connectivity index (χ4n) is 1.58.